The van der Waals surface area contributed by atoms with Gasteiger partial charge in [0.15, 0.2) is 5.82 Å². The van der Waals surface area contributed by atoms with E-state index in [9.17, 15) is 18.0 Å². The third-order valence-corrected chi connectivity index (χ3v) is 5.01. The highest BCUT2D eigenvalue weighted by atomic mass is 32.2. The summed E-state index contributed by atoms with van der Waals surface area (Å²) in [5, 5.41) is 3.55. The van der Waals surface area contributed by atoms with Crippen LogP contribution in [-0.4, -0.2) is 52.8 Å². The van der Waals surface area contributed by atoms with Crippen molar-refractivity contribution in [2.75, 3.05) is 18.4 Å². The lowest BCUT2D eigenvalue weighted by Crippen LogP contribution is -2.46. The topological polar surface area (TPSA) is 128 Å². The van der Waals surface area contributed by atoms with Crippen molar-refractivity contribution in [3.8, 4) is 0 Å². The third kappa shape index (κ3) is 5.66. The molecule has 1 aromatic heterocycles. The van der Waals surface area contributed by atoms with Crippen molar-refractivity contribution in [2.45, 2.75) is 38.8 Å². The second kappa shape index (κ2) is 8.50. The van der Waals surface area contributed by atoms with E-state index < -0.39 is 27.7 Å². The zero-order valence-corrected chi connectivity index (χ0v) is 15.0. The van der Waals surface area contributed by atoms with Crippen LogP contribution in [0, 0.1) is 6.92 Å². The third-order valence-electron chi connectivity index (χ3n) is 3.22. The van der Waals surface area contributed by atoms with Crippen molar-refractivity contribution in [1.29, 1.82) is 0 Å². The van der Waals surface area contributed by atoms with Gasteiger partial charge in [-0.05, 0) is 32.4 Å². The normalized spacial score (nSPS) is 13.0. The van der Waals surface area contributed by atoms with Crippen molar-refractivity contribution >= 4 is 27.7 Å². The number of nitrogens with two attached hydrogens (primary N) is 1. The lowest BCUT2D eigenvalue weighted by molar-refractivity contribution is -0.127. The molecule has 0 aliphatic heterocycles. The molecule has 0 saturated carbocycles. The summed E-state index contributed by atoms with van der Waals surface area (Å²) in [6.07, 6.45) is 4.19. The Kier molecular flexibility index (Phi) is 7.29. The average molecular weight is 366 g/mol. The molecular formula is C12H22N4O5S2. The molecule has 0 saturated heterocycles. The summed E-state index contributed by atoms with van der Waals surface area (Å²) in [6, 6.07) is -0.892. The summed E-state index contributed by atoms with van der Waals surface area (Å²) in [5.41, 5.74) is 5.80. The van der Waals surface area contributed by atoms with Gasteiger partial charge in [0.2, 0.25) is 10.0 Å². The number of amides is 1. The Morgan fingerprint density at radius 2 is 2.13 bits per heavy atom. The number of carbonyl (C=O) groups excluding carboxylic acids is 1. The minimum atomic E-state index is -3.63. The van der Waals surface area contributed by atoms with E-state index in [4.69, 9.17) is 5.73 Å². The highest BCUT2D eigenvalue weighted by molar-refractivity contribution is 7.99. The Balaban J connectivity index is 2.51. The molecule has 0 unspecified atom stereocenters. The van der Waals surface area contributed by atoms with Crippen molar-refractivity contribution in [3.63, 3.8) is 0 Å². The molecule has 0 aromatic carbocycles. The molecule has 0 radical (unpaired) electrons. The quantitative estimate of drug-likeness (QED) is 0.468. The molecule has 0 aliphatic carbocycles. The van der Waals surface area contributed by atoms with Crippen LogP contribution in [0.3, 0.4) is 0 Å². The Hall–Kier alpha value is -1.33. The lowest BCUT2D eigenvalue weighted by atomic mass is 10.1. The Bertz CT molecular complexity index is 682. The SMILES string of the molecule is CSCN(C(=O)[C@@H](N)CCCCn1c(C)noc1=O)S(C)(=O)=O. The number of carbonyl (C=O) groups is 1. The number of thioether (sulfide) groups is 1. The highest BCUT2D eigenvalue weighted by Crippen LogP contribution is 2.10. The van der Waals surface area contributed by atoms with Gasteiger partial charge in [-0.25, -0.2) is 17.5 Å². The average Bonchev–Trinajstić information content (AvgIpc) is 2.78. The molecule has 0 aliphatic rings. The summed E-state index contributed by atoms with van der Waals surface area (Å²) in [6.45, 7) is 2.07. The van der Waals surface area contributed by atoms with Crippen LogP contribution in [0.4, 0.5) is 0 Å². The van der Waals surface area contributed by atoms with E-state index in [-0.39, 0.29) is 5.88 Å². The lowest BCUT2D eigenvalue weighted by Gasteiger charge is -2.22. The Labute approximate surface area is 139 Å². The fraction of sp³-hybridized carbons (Fsp3) is 0.750. The van der Waals surface area contributed by atoms with Crippen molar-refractivity contribution in [3.05, 3.63) is 16.4 Å². The second-order valence-electron chi connectivity index (χ2n) is 5.12. The minimum absolute atomic E-state index is 0.0423. The second-order valence-corrected chi connectivity index (χ2v) is 7.86. The largest absolute Gasteiger partial charge is 0.441 e. The van der Waals surface area contributed by atoms with Crippen molar-refractivity contribution < 1.29 is 17.7 Å². The standard InChI is InChI=1S/C12H22N4O5S2/c1-9-14-21-12(18)15(9)7-5-4-6-10(13)11(17)16(8-22-2)23(3,19)20/h10H,4-8,13H2,1-3H3/t10-/m0/s1. The number of aromatic nitrogens is 2. The number of nitrogens with zero attached hydrogens (tertiary/aromatic N) is 3. The van der Waals surface area contributed by atoms with E-state index in [0.29, 0.717) is 31.6 Å². The molecule has 1 atom stereocenters. The van der Waals surface area contributed by atoms with Crippen LogP contribution in [0.25, 0.3) is 0 Å². The van der Waals surface area contributed by atoms with Gasteiger partial charge in [-0.15, -0.1) is 11.8 Å². The molecule has 1 heterocycles. The fourth-order valence-electron chi connectivity index (χ4n) is 1.97. The van der Waals surface area contributed by atoms with E-state index in [1.807, 2.05) is 0 Å². The zero-order valence-electron chi connectivity index (χ0n) is 13.4. The summed E-state index contributed by atoms with van der Waals surface area (Å²) in [7, 11) is -3.63. The highest BCUT2D eigenvalue weighted by Gasteiger charge is 2.27. The number of hydrogen-bond donors (Lipinski definition) is 1. The maximum atomic E-state index is 12.1. The monoisotopic (exact) mass is 366 g/mol. The number of unbranched alkanes of at least 4 members (excludes halogenated alkanes) is 1. The zero-order chi connectivity index (χ0) is 17.6. The molecule has 9 nitrogen and oxygen atoms in total. The summed E-state index contributed by atoms with van der Waals surface area (Å²) in [5.74, 6) is -0.606. The van der Waals surface area contributed by atoms with Gasteiger partial charge in [0.25, 0.3) is 5.91 Å². The molecule has 0 bridgehead atoms. The first-order valence-electron chi connectivity index (χ1n) is 6.97. The van der Waals surface area contributed by atoms with Crippen LogP contribution in [0.2, 0.25) is 0 Å². The first kappa shape index (κ1) is 19.7. The van der Waals surface area contributed by atoms with Gasteiger partial charge in [-0.3, -0.25) is 13.9 Å². The van der Waals surface area contributed by atoms with Crippen LogP contribution in [0.15, 0.2) is 9.32 Å². The molecule has 1 aromatic rings. The maximum absolute atomic E-state index is 12.1. The molecule has 0 fully saturated rings. The molecule has 0 spiro atoms. The summed E-state index contributed by atoms with van der Waals surface area (Å²) < 4.78 is 29.9. The van der Waals surface area contributed by atoms with Crippen LogP contribution in [0.1, 0.15) is 25.1 Å². The molecule has 132 valence electrons. The van der Waals surface area contributed by atoms with E-state index >= 15 is 0 Å². The first-order chi connectivity index (χ1) is 10.7. The molecule has 11 heteroatoms. The Morgan fingerprint density at radius 3 is 2.61 bits per heavy atom. The van der Waals surface area contributed by atoms with Gasteiger partial charge in [0.1, 0.15) is 0 Å². The summed E-state index contributed by atoms with van der Waals surface area (Å²) >= 11 is 1.23. The van der Waals surface area contributed by atoms with E-state index in [1.54, 1.807) is 13.2 Å². The van der Waals surface area contributed by atoms with Crippen LogP contribution in [0.5, 0.6) is 0 Å². The predicted octanol–water partition coefficient (Wildman–Crippen LogP) is -0.249. The van der Waals surface area contributed by atoms with Crippen molar-refractivity contribution in [1.82, 2.24) is 14.0 Å². The number of aryl methyl sites for hydroxylation is 1. The number of hydrogen-bond acceptors (Lipinski definition) is 8. The number of sulfonamides is 1. The van der Waals surface area contributed by atoms with E-state index in [1.165, 1.54) is 16.3 Å². The molecule has 23 heavy (non-hydrogen) atoms. The van der Waals surface area contributed by atoms with Gasteiger partial charge >= 0.3 is 5.76 Å². The fourth-order valence-corrected chi connectivity index (χ4v) is 3.88. The molecule has 2 N–H and O–H groups in total. The van der Waals surface area contributed by atoms with Crippen LogP contribution in [-0.2, 0) is 21.4 Å². The molecular weight excluding hydrogens is 344 g/mol. The van der Waals surface area contributed by atoms with Gasteiger partial charge in [0.05, 0.1) is 18.2 Å². The van der Waals surface area contributed by atoms with Crippen LogP contribution < -0.4 is 11.5 Å². The minimum Gasteiger partial charge on any atom is -0.320 e. The predicted molar refractivity (Wildman–Crippen MR) is 87.4 cm³/mol. The van der Waals surface area contributed by atoms with Crippen LogP contribution >= 0.6 is 11.8 Å². The van der Waals surface area contributed by atoms with E-state index in [2.05, 4.69) is 9.68 Å². The summed E-state index contributed by atoms with van der Waals surface area (Å²) in [4.78, 5) is 23.5. The van der Waals surface area contributed by atoms with Gasteiger partial charge in [-0.2, -0.15) is 0 Å². The molecule has 1 rings (SSSR count). The smallest absolute Gasteiger partial charge is 0.320 e. The molecule has 1 amide bonds. The first-order valence-corrected chi connectivity index (χ1v) is 10.2. The van der Waals surface area contributed by atoms with Crippen molar-refractivity contribution in [2.24, 2.45) is 5.73 Å². The Morgan fingerprint density at radius 1 is 1.48 bits per heavy atom. The van der Waals surface area contributed by atoms with E-state index in [0.717, 1.165) is 10.6 Å². The van der Waals surface area contributed by atoms with Gasteiger partial charge < -0.3 is 5.73 Å². The van der Waals surface area contributed by atoms with Gasteiger partial charge in [-0.1, -0.05) is 5.16 Å². The maximum Gasteiger partial charge on any atom is 0.441 e. The number of rotatable bonds is 9. The van der Waals surface area contributed by atoms with Gasteiger partial charge in [0, 0.05) is 6.54 Å².